The summed E-state index contributed by atoms with van der Waals surface area (Å²) in [5.41, 5.74) is 0. The van der Waals surface area contributed by atoms with Crippen molar-refractivity contribution in [2.24, 2.45) is 0 Å². The second-order valence-electron chi connectivity index (χ2n) is 0. The van der Waals surface area contributed by atoms with Crippen LogP contribution in [0.5, 0.6) is 0 Å². The topological polar surface area (TPSA) is 0 Å². The van der Waals surface area contributed by atoms with Crippen LogP contribution in [-0.4, -0.2) is 40.4 Å². The molecule has 0 radical (unpaired) electrons. The van der Waals surface area contributed by atoms with Gasteiger partial charge in [-0.15, -0.1) is 0 Å². The van der Waals surface area contributed by atoms with Gasteiger partial charge in [0.2, 0.25) is 0 Å². The molecule has 0 aromatic rings. The van der Waals surface area contributed by atoms with Gasteiger partial charge in [0.25, 0.3) is 0 Å². The van der Waals surface area contributed by atoms with Gasteiger partial charge in [0.15, 0.2) is 17.4 Å². The molecule has 4 heteroatoms. The van der Waals surface area contributed by atoms with Crippen molar-refractivity contribution in [3.63, 3.8) is 0 Å². The van der Waals surface area contributed by atoms with Crippen LogP contribution < -0.4 is 18.9 Å². The van der Waals surface area contributed by atoms with E-state index in [1.54, 1.807) is 0 Å². The quantitative estimate of drug-likeness (QED) is 0.262. The third kappa shape index (κ3) is 9.16. The molecule has 4 heavy (non-hydrogen) atoms. The van der Waals surface area contributed by atoms with Gasteiger partial charge in [0.05, 0.1) is 0 Å². The Labute approximate surface area is 68.0 Å². The van der Waals surface area contributed by atoms with Crippen LogP contribution in [0.2, 0.25) is 0 Å². The molecule has 0 aliphatic carbocycles. The van der Waals surface area contributed by atoms with E-state index in [0.29, 0.717) is 0 Å². The van der Waals surface area contributed by atoms with E-state index in [1.807, 2.05) is 0 Å². The molecule has 0 fully saturated rings. The fourth-order valence-corrected chi connectivity index (χ4v) is 0. The van der Waals surface area contributed by atoms with Crippen molar-refractivity contribution < 1.29 is 27.8 Å². The molecule has 0 spiro atoms. The normalized spacial score (nSPS) is 0. The smallest absolute Gasteiger partial charge is 1.00 e. The van der Waals surface area contributed by atoms with Crippen LogP contribution in [0.1, 0.15) is 4.28 Å². The summed E-state index contributed by atoms with van der Waals surface area (Å²) in [6, 6.07) is 0. The molecule has 0 aliphatic rings. The van der Waals surface area contributed by atoms with Crippen molar-refractivity contribution in [1.82, 2.24) is 0 Å². The first-order valence-corrected chi connectivity index (χ1v) is 0. The van der Waals surface area contributed by atoms with Crippen molar-refractivity contribution in [2.75, 3.05) is 0 Å². The third-order valence-electron chi connectivity index (χ3n) is 0. The number of halogens is 1. The Morgan fingerprint density at radius 3 is 1.25 bits per heavy atom. The first-order chi connectivity index (χ1) is 0. The summed E-state index contributed by atoms with van der Waals surface area (Å²) in [5.74, 6) is 0. The Balaban J connectivity index is 0. The molecular weight excluding hydrogens is 77.2 g/mol. The van der Waals surface area contributed by atoms with Gasteiger partial charge in [-0.3, -0.25) is 4.70 Å². The maximum atomic E-state index is 0. The minimum Gasteiger partial charge on any atom is -1.00 e. The van der Waals surface area contributed by atoms with E-state index < -0.39 is 0 Å². The largest absolute Gasteiger partial charge is 2.00 e. The molecule has 0 aromatic heterocycles. The molecule has 0 aliphatic heterocycles. The first-order valence-electron chi connectivity index (χ1n) is 0. The summed E-state index contributed by atoms with van der Waals surface area (Å²) in [5, 5.41) is 0. The number of hydrogen-bond acceptors (Lipinski definition) is 0. The minimum absolute atomic E-state index is 0. The van der Waals surface area contributed by atoms with E-state index in [0.717, 1.165) is 0 Å². The SMILES string of the molecule is F.[AlH3].[H-].[H-].[H-].[Li+].[Mg+2]. The summed E-state index contributed by atoms with van der Waals surface area (Å²) in [6.45, 7) is 0. The Hall–Kier alpha value is 1.83. The third-order valence-corrected chi connectivity index (χ3v) is 0. The Morgan fingerprint density at radius 1 is 1.25 bits per heavy atom. The van der Waals surface area contributed by atoms with Crippen LogP contribution in [0.15, 0.2) is 0 Å². The molecule has 0 unspecified atom stereocenters. The zero-order chi connectivity index (χ0) is 0. The van der Waals surface area contributed by atoms with Gasteiger partial charge in [-0.05, 0) is 0 Å². The Bertz CT molecular complexity index is 14.9. The predicted molar refractivity (Wildman–Crippen MR) is 21.5 cm³/mol. The van der Waals surface area contributed by atoms with Crippen molar-refractivity contribution in [2.45, 2.75) is 0 Å². The molecule has 0 N–H and O–H groups in total. The standard InChI is InChI=1S/Al.FH.Li.Mg.6H/h;1H;;;;;;;;/q;;+1;+2;;;;3*-1. The Kier molecular flexibility index (Phi) is 216. The molecule has 0 bridgehead atoms. The molecular formula is H7AlFLiMg. The monoisotopic (exact) mass is 84.0 g/mol. The van der Waals surface area contributed by atoms with Crippen LogP contribution in [0.25, 0.3) is 0 Å². The number of hydrogen-bond donors (Lipinski definition) is 0. The molecule has 0 aromatic carbocycles. The molecule has 0 nitrogen and oxygen atoms in total. The van der Waals surface area contributed by atoms with Gasteiger partial charge in [0.1, 0.15) is 0 Å². The van der Waals surface area contributed by atoms with E-state index in [-0.39, 0.29) is 68.3 Å². The molecule has 0 rings (SSSR count). The number of rotatable bonds is 0. The maximum Gasteiger partial charge on any atom is 2.00 e. The van der Waals surface area contributed by atoms with E-state index in [9.17, 15) is 0 Å². The molecule has 0 heterocycles. The summed E-state index contributed by atoms with van der Waals surface area (Å²) in [4.78, 5) is 0. The van der Waals surface area contributed by atoms with Crippen molar-refractivity contribution in [3.05, 3.63) is 0 Å². The second kappa shape index (κ2) is 21.2. The van der Waals surface area contributed by atoms with Crippen molar-refractivity contribution in [1.29, 1.82) is 0 Å². The fraction of sp³-hybridized carbons (Fsp3) is 0. The van der Waals surface area contributed by atoms with Gasteiger partial charge in [-0.2, -0.15) is 0 Å². The molecule has 0 atom stereocenters. The molecule has 0 saturated heterocycles. The van der Waals surface area contributed by atoms with Crippen molar-refractivity contribution >= 4 is 40.4 Å². The fourth-order valence-electron chi connectivity index (χ4n) is 0. The maximum absolute atomic E-state index is 0. The van der Waals surface area contributed by atoms with Crippen LogP contribution in [0.3, 0.4) is 0 Å². The van der Waals surface area contributed by atoms with E-state index in [4.69, 9.17) is 0 Å². The van der Waals surface area contributed by atoms with Crippen LogP contribution in [-0.2, 0) is 0 Å². The van der Waals surface area contributed by atoms with Crippen LogP contribution in [0, 0.1) is 0 Å². The summed E-state index contributed by atoms with van der Waals surface area (Å²) < 4.78 is 0. The summed E-state index contributed by atoms with van der Waals surface area (Å²) in [6.07, 6.45) is 0. The summed E-state index contributed by atoms with van der Waals surface area (Å²) in [7, 11) is 0. The average Bonchev–Trinajstić information content (AvgIpc) is 0. The summed E-state index contributed by atoms with van der Waals surface area (Å²) >= 11 is 0. The van der Waals surface area contributed by atoms with Gasteiger partial charge < -0.3 is 4.28 Å². The van der Waals surface area contributed by atoms with Crippen LogP contribution >= 0.6 is 0 Å². The van der Waals surface area contributed by atoms with Gasteiger partial charge in [0, 0.05) is 0 Å². The first kappa shape index (κ1) is 40.7. The van der Waals surface area contributed by atoms with Gasteiger partial charge in [-0.25, -0.2) is 0 Å². The van der Waals surface area contributed by atoms with E-state index >= 15 is 0 Å². The van der Waals surface area contributed by atoms with Gasteiger partial charge >= 0.3 is 41.9 Å². The van der Waals surface area contributed by atoms with Crippen molar-refractivity contribution in [3.8, 4) is 0 Å². The van der Waals surface area contributed by atoms with Crippen LogP contribution in [0.4, 0.5) is 4.70 Å². The zero-order valence-electron chi connectivity index (χ0n) is 5.12. The predicted octanol–water partition coefficient (Wildman–Crippen LogP) is -4.07. The van der Waals surface area contributed by atoms with Gasteiger partial charge in [-0.1, -0.05) is 0 Å². The zero-order valence-corrected chi connectivity index (χ0v) is 3.53. The minimum atomic E-state index is 0. The average molecular weight is 84.3 g/mol. The van der Waals surface area contributed by atoms with E-state index in [1.165, 1.54) is 0 Å². The molecule has 20 valence electrons. The molecule has 0 amide bonds. The second-order valence-corrected chi connectivity index (χ2v) is 0. The molecule has 0 saturated carbocycles. The Morgan fingerprint density at radius 2 is 1.25 bits per heavy atom. The van der Waals surface area contributed by atoms with E-state index in [2.05, 4.69) is 0 Å².